The summed E-state index contributed by atoms with van der Waals surface area (Å²) in [5.74, 6) is 0.295. The molecule has 6 heteroatoms. The Morgan fingerprint density at radius 2 is 1.76 bits per heavy atom. The van der Waals surface area contributed by atoms with E-state index in [4.69, 9.17) is 0 Å². The van der Waals surface area contributed by atoms with Crippen LogP contribution in [0.2, 0.25) is 0 Å². The van der Waals surface area contributed by atoms with E-state index >= 15 is 0 Å². The van der Waals surface area contributed by atoms with E-state index in [9.17, 15) is 13.0 Å². The molecule has 3 rings (SSSR count). The highest BCUT2D eigenvalue weighted by atomic mass is 32.2. The zero-order valence-electron chi connectivity index (χ0n) is 11.6. The van der Waals surface area contributed by atoms with Crippen molar-refractivity contribution in [3.05, 3.63) is 36.4 Å². The minimum Gasteiger partial charge on any atom is -0.269 e. The van der Waals surface area contributed by atoms with Crippen LogP contribution in [0, 0.1) is 0 Å². The van der Waals surface area contributed by atoms with Crippen LogP contribution in [-0.4, -0.2) is 24.0 Å². The molecule has 0 radical (unpaired) electrons. The number of aromatic nitrogens is 1. The number of fused-ring (bicyclic) bond motifs is 1. The van der Waals surface area contributed by atoms with Crippen molar-refractivity contribution in [2.75, 3.05) is 4.31 Å². The lowest BCUT2D eigenvalue weighted by Gasteiger charge is -2.32. The van der Waals surface area contributed by atoms with Gasteiger partial charge in [0.25, 0.3) is 0 Å². The zero-order chi connectivity index (χ0) is 14.9. The Morgan fingerprint density at radius 3 is 2.48 bits per heavy atom. The number of benzene rings is 1. The monoisotopic (exact) mass is 306 g/mol. The highest BCUT2D eigenvalue weighted by Gasteiger charge is 2.30. The van der Waals surface area contributed by atoms with Crippen molar-refractivity contribution in [1.29, 1.82) is 0 Å². The van der Waals surface area contributed by atoms with Crippen molar-refractivity contribution in [2.24, 2.45) is 0 Å². The Labute approximate surface area is 124 Å². The highest BCUT2D eigenvalue weighted by molar-refractivity contribution is 7.87. The third kappa shape index (κ3) is 3.01. The van der Waals surface area contributed by atoms with Crippen LogP contribution < -0.4 is 4.31 Å². The summed E-state index contributed by atoms with van der Waals surface area (Å²) >= 11 is 0. The molecule has 0 bridgehead atoms. The van der Waals surface area contributed by atoms with Crippen LogP contribution in [-0.2, 0) is 10.3 Å². The van der Waals surface area contributed by atoms with Crippen molar-refractivity contribution < 1.29 is 13.0 Å². The van der Waals surface area contributed by atoms with Crippen molar-refractivity contribution in [3.63, 3.8) is 0 Å². The number of para-hydroxylation sites is 1. The molecule has 1 N–H and O–H groups in total. The third-order valence-electron chi connectivity index (χ3n) is 3.96. The van der Waals surface area contributed by atoms with E-state index in [-0.39, 0.29) is 6.04 Å². The fourth-order valence-corrected chi connectivity index (χ4v) is 3.91. The van der Waals surface area contributed by atoms with Crippen molar-refractivity contribution in [2.45, 2.75) is 38.1 Å². The summed E-state index contributed by atoms with van der Waals surface area (Å²) in [6, 6.07) is 10.8. The fourth-order valence-electron chi connectivity index (χ4n) is 2.99. The van der Waals surface area contributed by atoms with Crippen molar-refractivity contribution >= 4 is 27.0 Å². The maximum Gasteiger partial charge on any atom is 0.361 e. The minimum absolute atomic E-state index is 0.206. The molecule has 5 nitrogen and oxygen atoms in total. The first-order valence-electron chi connectivity index (χ1n) is 7.18. The van der Waals surface area contributed by atoms with Crippen molar-refractivity contribution in [1.82, 2.24) is 4.98 Å². The lowest BCUT2D eigenvalue weighted by Crippen LogP contribution is -2.41. The maximum absolute atomic E-state index is 11.8. The Morgan fingerprint density at radius 1 is 1.05 bits per heavy atom. The molecular formula is C15H18N2O3S. The largest absolute Gasteiger partial charge is 0.361 e. The molecular weight excluding hydrogens is 288 g/mol. The molecule has 1 aliphatic carbocycles. The molecule has 1 fully saturated rings. The van der Waals surface area contributed by atoms with Gasteiger partial charge in [-0.1, -0.05) is 37.5 Å². The first kappa shape index (κ1) is 14.3. The van der Waals surface area contributed by atoms with Gasteiger partial charge in [0.15, 0.2) is 0 Å². The van der Waals surface area contributed by atoms with Gasteiger partial charge >= 0.3 is 10.3 Å². The molecule has 21 heavy (non-hydrogen) atoms. The summed E-state index contributed by atoms with van der Waals surface area (Å²) in [5, 5.41) is 0.945. The topological polar surface area (TPSA) is 70.5 Å². The Hall–Kier alpha value is -1.66. The summed E-state index contributed by atoms with van der Waals surface area (Å²) in [6.45, 7) is 0. The second-order valence-corrected chi connectivity index (χ2v) is 6.72. The van der Waals surface area contributed by atoms with Gasteiger partial charge in [-0.15, -0.1) is 0 Å². The second-order valence-electron chi connectivity index (χ2n) is 5.43. The average molecular weight is 306 g/mol. The van der Waals surface area contributed by atoms with E-state index < -0.39 is 10.3 Å². The first-order valence-corrected chi connectivity index (χ1v) is 8.58. The lowest BCUT2D eigenvalue weighted by molar-refractivity contribution is 0.414. The smallest absolute Gasteiger partial charge is 0.269 e. The molecule has 0 aliphatic heterocycles. The predicted molar refractivity (Wildman–Crippen MR) is 82.6 cm³/mol. The Balaban J connectivity index is 2.05. The van der Waals surface area contributed by atoms with Crippen LogP contribution in [0.5, 0.6) is 0 Å². The lowest BCUT2D eigenvalue weighted by atomic mass is 9.95. The maximum atomic E-state index is 11.8. The van der Waals surface area contributed by atoms with Gasteiger partial charge in [-0.2, -0.15) is 8.42 Å². The fraction of sp³-hybridized carbons (Fsp3) is 0.400. The summed E-state index contributed by atoms with van der Waals surface area (Å²) in [4.78, 5) is 4.40. The third-order valence-corrected chi connectivity index (χ3v) is 4.95. The highest BCUT2D eigenvalue weighted by Crippen LogP contribution is 2.29. The molecule has 0 spiro atoms. The summed E-state index contributed by atoms with van der Waals surface area (Å²) in [5.41, 5.74) is 0.722. The Kier molecular flexibility index (Phi) is 3.82. The minimum atomic E-state index is -4.32. The normalized spacial score (nSPS) is 17.0. The molecule has 1 heterocycles. The van der Waals surface area contributed by atoms with Gasteiger partial charge in [-0.25, -0.2) is 9.29 Å². The summed E-state index contributed by atoms with van der Waals surface area (Å²) < 4.78 is 34.3. The van der Waals surface area contributed by atoms with Crippen LogP contribution in [0.25, 0.3) is 10.9 Å². The molecule has 1 saturated carbocycles. The summed E-state index contributed by atoms with van der Waals surface area (Å²) in [7, 11) is -4.32. The molecule has 0 saturated heterocycles. The quantitative estimate of drug-likeness (QED) is 0.884. The molecule has 1 aliphatic rings. The predicted octanol–water partition coefficient (Wildman–Crippen LogP) is 3.18. The van der Waals surface area contributed by atoms with Gasteiger partial charge in [0.2, 0.25) is 0 Å². The van der Waals surface area contributed by atoms with E-state index in [1.54, 1.807) is 6.07 Å². The van der Waals surface area contributed by atoms with Crippen LogP contribution in [0.4, 0.5) is 5.82 Å². The van der Waals surface area contributed by atoms with Crippen LogP contribution >= 0.6 is 0 Å². The second kappa shape index (κ2) is 5.61. The van der Waals surface area contributed by atoms with Gasteiger partial charge in [0.05, 0.1) is 5.52 Å². The van der Waals surface area contributed by atoms with Crippen LogP contribution in [0.15, 0.2) is 36.4 Å². The zero-order valence-corrected chi connectivity index (χ0v) is 12.5. The molecule has 0 unspecified atom stereocenters. The van der Waals surface area contributed by atoms with Gasteiger partial charge in [-0.05, 0) is 31.0 Å². The number of anilines is 1. The van der Waals surface area contributed by atoms with Gasteiger partial charge in [0, 0.05) is 11.4 Å². The van der Waals surface area contributed by atoms with Gasteiger partial charge < -0.3 is 0 Å². The molecule has 1 aromatic heterocycles. The first-order chi connectivity index (χ1) is 10.1. The average Bonchev–Trinajstić information content (AvgIpc) is 2.47. The molecule has 0 amide bonds. The van der Waals surface area contributed by atoms with E-state index in [0.717, 1.165) is 47.3 Å². The SMILES string of the molecule is O=S(=O)(O)N(c1ccc2ccccc2n1)C1CCCCC1. The number of hydrogen-bond acceptors (Lipinski definition) is 3. The number of hydrogen-bond donors (Lipinski definition) is 1. The molecule has 1 aromatic carbocycles. The van der Waals surface area contributed by atoms with E-state index in [0.29, 0.717) is 5.82 Å². The van der Waals surface area contributed by atoms with Crippen LogP contribution in [0.3, 0.4) is 0 Å². The van der Waals surface area contributed by atoms with Gasteiger partial charge in [-0.3, -0.25) is 4.55 Å². The van der Waals surface area contributed by atoms with Crippen LogP contribution in [0.1, 0.15) is 32.1 Å². The summed E-state index contributed by atoms with van der Waals surface area (Å²) in [6.07, 6.45) is 4.58. The van der Waals surface area contributed by atoms with E-state index in [2.05, 4.69) is 4.98 Å². The van der Waals surface area contributed by atoms with E-state index in [1.165, 1.54) is 0 Å². The number of pyridine rings is 1. The Bertz CT molecular complexity index is 739. The van der Waals surface area contributed by atoms with Gasteiger partial charge in [0.1, 0.15) is 5.82 Å². The van der Waals surface area contributed by atoms with Crippen molar-refractivity contribution in [3.8, 4) is 0 Å². The van der Waals surface area contributed by atoms with E-state index in [1.807, 2.05) is 30.3 Å². The molecule has 112 valence electrons. The molecule has 2 aromatic rings. The number of rotatable bonds is 3. The molecule has 0 atom stereocenters. The number of nitrogens with zero attached hydrogens (tertiary/aromatic N) is 2. The standard InChI is InChI=1S/C15H18N2O3S/c18-21(19,20)17(13-7-2-1-3-8-13)15-11-10-12-6-4-5-9-14(12)16-15/h4-6,9-11,13H,1-3,7-8H2,(H,18,19,20).